The summed E-state index contributed by atoms with van der Waals surface area (Å²) in [5.41, 5.74) is 1.53. The molecule has 0 bridgehead atoms. The second-order valence-electron chi connectivity index (χ2n) is 7.28. The van der Waals surface area contributed by atoms with E-state index in [4.69, 9.17) is 11.6 Å². The van der Waals surface area contributed by atoms with E-state index in [1.807, 2.05) is 0 Å². The molecule has 180 valence electrons. The van der Waals surface area contributed by atoms with E-state index in [2.05, 4.69) is 25.3 Å². The van der Waals surface area contributed by atoms with Crippen LogP contribution >= 0.6 is 11.6 Å². The summed E-state index contributed by atoms with van der Waals surface area (Å²) in [5.74, 6) is -2.47. The Hall–Kier alpha value is -3.24. The molecule has 0 fully saturated rings. The van der Waals surface area contributed by atoms with E-state index < -0.39 is 30.0 Å². The SMILES string of the molecule is CNC(=O)[C@H](N[C@@H](CCc1cnc(Cl)cn1)c1ccc(F)c(OC(F)(F)F)c1)c1ccccc1. The van der Waals surface area contributed by atoms with Gasteiger partial charge in [-0.2, -0.15) is 0 Å². The highest BCUT2D eigenvalue weighted by molar-refractivity contribution is 6.29. The zero-order valence-corrected chi connectivity index (χ0v) is 18.7. The van der Waals surface area contributed by atoms with Gasteiger partial charge in [0.2, 0.25) is 5.91 Å². The molecule has 0 aliphatic heterocycles. The number of hydrogen-bond acceptors (Lipinski definition) is 5. The molecule has 1 amide bonds. The molecule has 0 saturated carbocycles. The Kier molecular flexibility index (Phi) is 8.41. The largest absolute Gasteiger partial charge is 0.573 e. The molecule has 2 atom stereocenters. The maximum absolute atomic E-state index is 14.0. The van der Waals surface area contributed by atoms with Crippen molar-refractivity contribution in [1.29, 1.82) is 0 Å². The van der Waals surface area contributed by atoms with Crippen molar-refractivity contribution in [2.24, 2.45) is 0 Å². The Labute approximate surface area is 198 Å². The lowest BCUT2D eigenvalue weighted by Gasteiger charge is -2.26. The number of nitrogens with one attached hydrogen (secondary N) is 2. The number of alkyl halides is 3. The first-order valence-electron chi connectivity index (χ1n) is 10.2. The number of halogens is 5. The Morgan fingerprint density at radius 2 is 1.82 bits per heavy atom. The van der Waals surface area contributed by atoms with Gasteiger partial charge in [0, 0.05) is 13.1 Å². The minimum atomic E-state index is -5.06. The van der Waals surface area contributed by atoms with Crippen LogP contribution in [0, 0.1) is 5.82 Å². The lowest BCUT2D eigenvalue weighted by atomic mass is 9.97. The molecule has 1 aromatic heterocycles. The van der Waals surface area contributed by atoms with Crippen LogP contribution < -0.4 is 15.4 Å². The number of carbonyl (C=O) groups excluding carboxylic acids is 1. The molecule has 0 unspecified atom stereocenters. The molecule has 2 N–H and O–H groups in total. The van der Waals surface area contributed by atoms with Crippen molar-refractivity contribution in [3.8, 4) is 5.75 Å². The van der Waals surface area contributed by atoms with E-state index in [1.54, 1.807) is 30.3 Å². The molecule has 3 aromatic rings. The van der Waals surface area contributed by atoms with Gasteiger partial charge >= 0.3 is 6.36 Å². The lowest BCUT2D eigenvalue weighted by Crippen LogP contribution is -2.38. The van der Waals surface area contributed by atoms with Gasteiger partial charge < -0.3 is 10.1 Å². The quantitative estimate of drug-likeness (QED) is 0.411. The number of aromatic nitrogens is 2. The molecule has 6 nitrogen and oxygen atoms in total. The fourth-order valence-electron chi connectivity index (χ4n) is 3.36. The van der Waals surface area contributed by atoms with E-state index in [1.165, 1.54) is 25.5 Å². The lowest BCUT2D eigenvalue weighted by molar-refractivity contribution is -0.275. The number of benzene rings is 2. The normalized spacial score (nSPS) is 13.2. The number of carbonyl (C=O) groups is 1. The van der Waals surface area contributed by atoms with Crippen LogP contribution in [0.25, 0.3) is 0 Å². The van der Waals surface area contributed by atoms with Crippen molar-refractivity contribution in [3.63, 3.8) is 0 Å². The third-order valence-corrected chi connectivity index (χ3v) is 5.15. The summed E-state index contributed by atoms with van der Waals surface area (Å²) in [6.45, 7) is 0. The van der Waals surface area contributed by atoms with Crippen molar-refractivity contribution >= 4 is 17.5 Å². The zero-order chi connectivity index (χ0) is 24.7. The van der Waals surface area contributed by atoms with Gasteiger partial charge in [0.05, 0.1) is 18.1 Å². The third-order valence-electron chi connectivity index (χ3n) is 4.96. The number of rotatable bonds is 9. The first-order valence-corrected chi connectivity index (χ1v) is 10.6. The fraction of sp³-hybridized carbons (Fsp3) is 0.261. The number of hydrogen-bond donors (Lipinski definition) is 2. The highest BCUT2D eigenvalue weighted by atomic mass is 35.5. The minimum Gasteiger partial charge on any atom is -0.403 e. The van der Waals surface area contributed by atoms with Gasteiger partial charge in [0.1, 0.15) is 11.2 Å². The van der Waals surface area contributed by atoms with Gasteiger partial charge in [-0.05, 0) is 36.1 Å². The van der Waals surface area contributed by atoms with Crippen molar-refractivity contribution in [1.82, 2.24) is 20.6 Å². The molecule has 1 heterocycles. The topological polar surface area (TPSA) is 76.1 Å². The van der Waals surface area contributed by atoms with E-state index >= 15 is 0 Å². The van der Waals surface area contributed by atoms with Crippen LogP contribution in [0.4, 0.5) is 17.6 Å². The van der Waals surface area contributed by atoms with Gasteiger partial charge in [0.25, 0.3) is 0 Å². The van der Waals surface area contributed by atoms with Crippen molar-refractivity contribution < 1.29 is 27.1 Å². The second kappa shape index (κ2) is 11.3. The predicted molar refractivity (Wildman–Crippen MR) is 118 cm³/mol. The van der Waals surface area contributed by atoms with Crippen molar-refractivity contribution in [3.05, 3.63) is 88.7 Å². The van der Waals surface area contributed by atoms with E-state index in [0.29, 0.717) is 29.7 Å². The fourth-order valence-corrected chi connectivity index (χ4v) is 3.46. The van der Waals surface area contributed by atoms with E-state index in [9.17, 15) is 22.4 Å². The highest BCUT2D eigenvalue weighted by Gasteiger charge is 2.33. The van der Waals surface area contributed by atoms with Crippen molar-refractivity contribution in [2.75, 3.05) is 7.05 Å². The van der Waals surface area contributed by atoms with Crippen LogP contribution in [0.3, 0.4) is 0 Å². The molecule has 2 aromatic carbocycles. The van der Waals surface area contributed by atoms with Crippen LogP contribution in [-0.2, 0) is 11.2 Å². The number of nitrogens with zero attached hydrogens (tertiary/aromatic N) is 2. The number of amides is 1. The van der Waals surface area contributed by atoms with E-state index in [0.717, 1.165) is 12.1 Å². The summed E-state index contributed by atoms with van der Waals surface area (Å²) < 4.78 is 56.1. The van der Waals surface area contributed by atoms with Gasteiger partial charge in [-0.15, -0.1) is 13.2 Å². The molecule has 0 aliphatic carbocycles. The molecule has 0 aliphatic rings. The summed E-state index contributed by atoms with van der Waals surface area (Å²) >= 11 is 5.77. The zero-order valence-electron chi connectivity index (χ0n) is 17.9. The summed E-state index contributed by atoms with van der Waals surface area (Å²) in [7, 11) is 1.48. The molecule has 34 heavy (non-hydrogen) atoms. The highest BCUT2D eigenvalue weighted by Crippen LogP contribution is 2.31. The monoisotopic (exact) mass is 496 g/mol. The summed E-state index contributed by atoms with van der Waals surface area (Å²) in [5, 5.41) is 5.98. The number of aryl methyl sites for hydroxylation is 1. The van der Waals surface area contributed by atoms with Gasteiger partial charge in [-0.25, -0.2) is 9.37 Å². The first-order chi connectivity index (χ1) is 16.2. The number of likely N-dealkylation sites (N-methyl/N-ethyl adjacent to an activating group) is 1. The summed E-state index contributed by atoms with van der Waals surface area (Å²) in [6, 6.07) is 10.5. The summed E-state index contributed by atoms with van der Waals surface area (Å²) in [6.07, 6.45) is -1.55. The Balaban J connectivity index is 1.95. The minimum absolute atomic E-state index is 0.217. The molecule has 3 rings (SSSR count). The average Bonchev–Trinajstić information content (AvgIpc) is 2.81. The second-order valence-corrected chi connectivity index (χ2v) is 7.67. The summed E-state index contributed by atoms with van der Waals surface area (Å²) in [4.78, 5) is 20.8. The standard InChI is InChI=1S/C23H21ClF4N4O2/c1-29-22(33)21(14-5-3-2-4-6-14)32-18(10-8-16-12-31-20(24)13-30-16)15-7-9-17(25)19(11-15)34-23(26,27)28/h2-7,9,11-13,18,21,32H,8,10H2,1H3,(H,29,33)/t18-,21+/m0/s1. The Morgan fingerprint density at radius 3 is 2.44 bits per heavy atom. The Morgan fingerprint density at radius 1 is 1.09 bits per heavy atom. The molecular weight excluding hydrogens is 476 g/mol. The van der Waals surface area contributed by atoms with Crippen LogP contribution in [0.5, 0.6) is 5.75 Å². The predicted octanol–water partition coefficient (Wildman–Crippen LogP) is 4.92. The van der Waals surface area contributed by atoms with Crippen molar-refractivity contribution in [2.45, 2.75) is 31.3 Å². The van der Waals surface area contributed by atoms with Crippen LogP contribution in [0.1, 0.15) is 35.3 Å². The molecule has 0 saturated heterocycles. The van der Waals surface area contributed by atoms with E-state index in [-0.39, 0.29) is 11.1 Å². The molecule has 11 heteroatoms. The maximum atomic E-state index is 14.0. The van der Waals surface area contributed by atoms with Gasteiger partial charge in [0.15, 0.2) is 11.6 Å². The number of ether oxygens (including phenoxy) is 1. The first kappa shape index (κ1) is 25.4. The third kappa shape index (κ3) is 7.13. The molecule has 0 radical (unpaired) electrons. The average molecular weight is 497 g/mol. The van der Waals surface area contributed by atoms with Crippen LogP contribution in [-0.4, -0.2) is 29.3 Å². The van der Waals surface area contributed by atoms with Crippen LogP contribution in [0.2, 0.25) is 5.15 Å². The van der Waals surface area contributed by atoms with Crippen LogP contribution in [0.15, 0.2) is 60.9 Å². The van der Waals surface area contributed by atoms with Gasteiger partial charge in [-0.1, -0.05) is 48.0 Å². The van der Waals surface area contributed by atoms with Gasteiger partial charge in [-0.3, -0.25) is 15.1 Å². The molecule has 0 spiro atoms. The molecular formula is C23H21ClF4N4O2. The maximum Gasteiger partial charge on any atom is 0.573 e. The smallest absolute Gasteiger partial charge is 0.403 e. The Bertz CT molecular complexity index is 1100.